The van der Waals surface area contributed by atoms with Crippen molar-refractivity contribution in [1.82, 2.24) is 0 Å². The fourth-order valence-corrected chi connectivity index (χ4v) is 3.06. The number of esters is 1. The molecule has 1 aliphatic heterocycles. The van der Waals surface area contributed by atoms with Crippen LogP contribution in [-0.2, 0) is 20.8 Å². The number of aliphatic hydroxyl groups excluding tert-OH is 1. The van der Waals surface area contributed by atoms with Crippen LogP contribution >= 0.6 is 0 Å². The van der Waals surface area contributed by atoms with E-state index in [-0.39, 0.29) is 31.4 Å². The lowest BCUT2D eigenvalue weighted by Gasteiger charge is -2.15. The molecule has 2 aromatic carbocycles. The molecule has 3 rings (SSSR count). The third-order valence-corrected chi connectivity index (χ3v) is 4.80. The molecule has 0 saturated carbocycles. The molecule has 0 radical (unpaired) electrons. The lowest BCUT2D eigenvalue weighted by molar-refractivity contribution is 0.00730. The zero-order chi connectivity index (χ0) is 21.2. The topological polar surface area (TPSA) is 77.5 Å². The quantitative estimate of drug-likeness (QED) is 0.326. The van der Waals surface area contributed by atoms with Crippen LogP contribution in [0.5, 0.6) is 5.75 Å². The van der Waals surface area contributed by atoms with E-state index in [2.05, 4.69) is 0 Å². The first-order valence-corrected chi connectivity index (χ1v) is 10.1. The molecule has 1 fully saturated rings. The van der Waals surface area contributed by atoms with Crippen molar-refractivity contribution in [2.45, 2.75) is 37.8 Å². The molecular weight excluding hydrogens is 384 g/mol. The summed E-state index contributed by atoms with van der Waals surface area (Å²) in [5.74, 6) is 0.400. The fraction of sp³-hybridized carbons (Fsp3) is 0.375. The molecule has 0 aliphatic carbocycles. The number of ether oxygens (including phenoxy) is 4. The molecule has 6 heteroatoms. The molecule has 1 heterocycles. The van der Waals surface area contributed by atoms with E-state index >= 15 is 0 Å². The van der Waals surface area contributed by atoms with Crippen LogP contribution in [0.15, 0.2) is 66.7 Å². The SMILES string of the molecule is COc1ccc(COC[C@H](/C=C/C[C@@H]2O[C@@H]2CCO)OC(=O)c2ccccc2)cc1. The van der Waals surface area contributed by atoms with E-state index in [0.29, 0.717) is 25.0 Å². The Morgan fingerprint density at radius 2 is 1.90 bits per heavy atom. The Morgan fingerprint density at radius 1 is 1.13 bits per heavy atom. The maximum Gasteiger partial charge on any atom is 0.338 e. The minimum absolute atomic E-state index is 0.122. The number of hydrogen-bond acceptors (Lipinski definition) is 6. The summed E-state index contributed by atoms with van der Waals surface area (Å²) < 4.78 is 22.1. The van der Waals surface area contributed by atoms with Gasteiger partial charge in [-0.05, 0) is 48.7 Å². The Labute approximate surface area is 177 Å². The lowest BCUT2D eigenvalue weighted by Crippen LogP contribution is -2.22. The van der Waals surface area contributed by atoms with Crippen molar-refractivity contribution >= 4 is 5.97 Å². The van der Waals surface area contributed by atoms with Crippen LogP contribution in [0, 0.1) is 0 Å². The molecule has 2 aromatic rings. The summed E-state index contributed by atoms with van der Waals surface area (Å²) in [6.07, 6.45) is 4.88. The summed E-state index contributed by atoms with van der Waals surface area (Å²) in [6, 6.07) is 16.5. The molecule has 1 N–H and O–H groups in total. The Balaban J connectivity index is 1.53. The summed E-state index contributed by atoms with van der Waals surface area (Å²) in [7, 11) is 1.63. The highest BCUT2D eigenvalue weighted by atomic mass is 16.6. The maximum absolute atomic E-state index is 12.4. The summed E-state index contributed by atoms with van der Waals surface area (Å²) >= 11 is 0. The summed E-state index contributed by atoms with van der Waals surface area (Å²) in [6.45, 7) is 0.773. The van der Waals surface area contributed by atoms with Gasteiger partial charge in [-0.2, -0.15) is 0 Å². The van der Waals surface area contributed by atoms with E-state index in [4.69, 9.17) is 24.1 Å². The van der Waals surface area contributed by atoms with Crippen LogP contribution < -0.4 is 4.74 Å². The second kappa shape index (κ2) is 11.5. The van der Waals surface area contributed by atoms with Gasteiger partial charge in [0.15, 0.2) is 0 Å². The monoisotopic (exact) mass is 412 g/mol. The fourth-order valence-electron chi connectivity index (χ4n) is 3.06. The van der Waals surface area contributed by atoms with Gasteiger partial charge in [0, 0.05) is 6.61 Å². The van der Waals surface area contributed by atoms with Crippen LogP contribution in [0.3, 0.4) is 0 Å². The standard InChI is InChI=1S/C24H28O6/c1-27-20-12-10-18(11-13-20)16-28-17-21(8-5-9-22-23(30-22)14-15-25)29-24(26)19-6-3-2-4-7-19/h2-8,10-13,21-23,25H,9,14-17H2,1H3/b8-5+/t21-,22-,23+/m0/s1. The second-order valence-corrected chi connectivity index (χ2v) is 7.06. The Hall–Kier alpha value is -2.67. The predicted octanol–water partition coefficient (Wildman–Crippen LogP) is 3.53. The highest BCUT2D eigenvalue weighted by Crippen LogP contribution is 2.28. The van der Waals surface area contributed by atoms with Gasteiger partial charge in [0.05, 0.1) is 38.1 Å². The second-order valence-electron chi connectivity index (χ2n) is 7.06. The van der Waals surface area contributed by atoms with Gasteiger partial charge in [0.2, 0.25) is 0 Å². The van der Waals surface area contributed by atoms with E-state index in [1.807, 2.05) is 42.5 Å². The molecule has 0 aromatic heterocycles. The number of methoxy groups -OCH3 is 1. The minimum atomic E-state index is -0.508. The highest BCUT2D eigenvalue weighted by molar-refractivity contribution is 5.89. The maximum atomic E-state index is 12.4. The Kier molecular flexibility index (Phi) is 8.44. The molecule has 0 spiro atoms. The van der Waals surface area contributed by atoms with Gasteiger partial charge < -0.3 is 24.1 Å². The van der Waals surface area contributed by atoms with Gasteiger partial charge in [0.1, 0.15) is 11.9 Å². The lowest BCUT2D eigenvalue weighted by atomic mass is 10.2. The number of aliphatic hydroxyl groups is 1. The van der Waals surface area contributed by atoms with Crippen molar-refractivity contribution in [3.63, 3.8) is 0 Å². The summed E-state index contributed by atoms with van der Waals surface area (Å²) in [4.78, 5) is 12.4. The first kappa shape index (κ1) is 22.0. The van der Waals surface area contributed by atoms with Gasteiger partial charge in [-0.15, -0.1) is 0 Å². The molecule has 30 heavy (non-hydrogen) atoms. The van der Waals surface area contributed by atoms with Gasteiger partial charge in [-0.25, -0.2) is 4.79 Å². The average Bonchev–Trinajstić information content (AvgIpc) is 3.52. The van der Waals surface area contributed by atoms with Crippen molar-refractivity contribution in [1.29, 1.82) is 0 Å². The smallest absolute Gasteiger partial charge is 0.338 e. The van der Waals surface area contributed by atoms with E-state index in [1.54, 1.807) is 31.4 Å². The molecule has 3 atom stereocenters. The number of carbonyl (C=O) groups is 1. The van der Waals surface area contributed by atoms with Crippen molar-refractivity contribution < 1.29 is 28.8 Å². The van der Waals surface area contributed by atoms with E-state index in [0.717, 1.165) is 11.3 Å². The molecule has 1 aliphatic rings. The molecule has 0 amide bonds. The molecule has 0 bridgehead atoms. The first-order valence-electron chi connectivity index (χ1n) is 10.1. The third-order valence-electron chi connectivity index (χ3n) is 4.80. The average molecular weight is 412 g/mol. The summed E-state index contributed by atoms with van der Waals surface area (Å²) in [5, 5.41) is 8.96. The van der Waals surface area contributed by atoms with Crippen LogP contribution in [0.25, 0.3) is 0 Å². The van der Waals surface area contributed by atoms with E-state index in [1.165, 1.54) is 0 Å². The molecule has 6 nitrogen and oxygen atoms in total. The van der Waals surface area contributed by atoms with Gasteiger partial charge >= 0.3 is 5.97 Å². The van der Waals surface area contributed by atoms with Crippen molar-refractivity contribution in [3.05, 3.63) is 77.9 Å². The molecular formula is C24H28O6. The van der Waals surface area contributed by atoms with Gasteiger partial charge in [-0.1, -0.05) is 36.4 Å². The van der Waals surface area contributed by atoms with E-state index < -0.39 is 6.10 Å². The molecule has 1 saturated heterocycles. The van der Waals surface area contributed by atoms with Crippen LogP contribution in [0.4, 0.5) is 0 Å². The van der Waals surface area contributed by atoms with Crippen LogP contribution in [0.1, 0.15) is 28.8 Å². The van der Waals surface area contributed by atoms with Crippen LogP contribution in [0.2, 0.25) is 0 Å². The first-order chi connectivity index (χ1) is 14.7. The minimum Gasteiger partial charge on any atom is -0.497 e. The molecule has 160 valence electrons. The number of benzene rings is 2. The molecule has 0 unspecified atom stereocenters. The predicted molar refractivity (Wildman–Crippen MR) is 112 cm³/mol. The van der Waals surface area contributed by atoms with Gasteiger partial charge in [0.25, 0.3) is 0 Å². The van der Waals surface area contributed by atoms with Gasteiger partial charge in [-0.3, -0.25) is 0 Å². The highest BCUT2D eigenvalue weighted by Gasteiger charge is 2.36. The Bertz CT molecular complexity index is 802. The van der Waals surface area contributed by atoms with Crippen molar-refractivity contribution in [2.24, 2.45) is 0 Å². The number of rotatable bonds is 12. The number of epoxide rings is 1. The van der Waals surface area contributed by atoms with Crippen molar-refractivity contribution in [3.8, 4) is 5.75 Å². The summed E-state index contributed by atoms with van der Waals surface area (Å²) in [5.41, 5.74) is 1.51. The van der Waals surface area contributed by atoms with Crippen molar-refractivity contribution in [2.75, 3.05) is 20.3 Å². The van der Waals surface area contributed by atoms with E-state index in [9.17, 15) is 4.79 Å². The number of carbonyl (C=O) groups excluding carboxylic acids is 1. The third kappa shape index (κ3) is 6.99. The van der Waals surface area contributed by atoms with Crippen LogP contribution in [-0.4, -0.2) is 49.7 Å². The normalized spacial score (nSPS) is 18.9. The zero-order valence-corrected chi connectivity index (χ0v) is 17.1. The number of hydrogen-bond donors (Lipinski definition) is 1. The zero-order valence-electron chi connectivity index (χ0n) is 17.1. The Morgan fingerprint density at radius 3 is 2.60 bits per heavy atom. The largest absolute Gasteiger partial charge is 0.497 e.